The zero-order chi connectivity index (χ0) is 20.1. The third kappa shape index (κ3) is 2.69. The van der Waals surface area contributed by atoms with Gasteiger partial charge in [0, 0.05) is 40.8 Å². The molecule has 0 unspecified atom stereocenters. The number of nitrogens with zero attached hydrogens (tertiary/aromatic N) is 5. The lowest BCUT2D eigenvalue weighted by Gasteiger charge is -2.00. The maximum absolute atomic E-state index is 4.86. The van der Waals surface area contributed by atoms with Crippen molar-refractivity contribution in [2.45, 2.75) is 6.92 Å². The van der Waals surface area contributed by atoms with Crippen LogP contribution in [0.3, 0.4) is 0 Å². The van der Waals surface area contributed by atoms with Gasteiger partial charge in [-0.1, -0.05) is 6.07 Å². The van der Waals surface area contributed by atoms with Gasteiger partial charge in [0.25, 0.3) is 0 Å². The molecule has 0 bridgehead atoms. The van der Waals surface area contributed by atoms with Crippen molar-refractivity contribution in [1.82, 2.24) is 35.1 Å². The molecule has 6 heterocycles. The zero-order valence-corrected chi connectivity index (χ0v) is 16.7. The molecular formula is C22H15N7S. The van der Waals surface area contributed by atoms with Crippen molar-refractivity contribution in [2.24, 2.45) is 0 Å². The lowest BCUT2D eigenvalue weighted by atomic mass is 10.1. The zero-order valence-electron chi connectivity index (χ0n) is 15.9. The first-order valence-electron chi connectivity index (χ1n) is 9.43. The summed E-state index contributed by atoms with van der Waals surface area (Å²) in [6.07, 6.45) is 7.21. The van der Waals surface area contributed by atoms with Gasteiger partial charge in [-0.15, -0.1) is 11.3 Å². The van der Waals surface area contributed by atoms with E-state index in [-0.39, 0.29) is 0 Å². The molecule has 6 aromatic heterocycles. The summed E-state index contributed by atoms with van der Waals surface area (Å²) in [4.78, 5) is 23.9. The number of imidazole rings is 1. The van der Waals surface area contributed by atoms with Crippen LogP contribution in [0.4, 0.5) is 0 Å². The van der Waals surface area contributed by atoms with Crippen LogP contribution in [-0.4, -0.2) is 35.1 Å². The topological polar surface area (TPSA) is 96.0 Å². The molecule has 0 fully saturated rings. The minimum atomic E-state index is 0.684. The van der Waals surface area contributed by atoms with E-state index < -0.39 is 0 Å². The fourth-order valence-corrected chi connectivity index (χ4v) is 4.43. The second-order valence-corrected chi connectivity index (χ2v) is 8.27. The van der Waals surface area contributed by atoms with Crippen LogP contribution in [0.25, 0.3) is 55.3 Å². The first-order valence-corrected chi connectivity index (χ1v) is 10.2. The number of fused-ring (bicyclic) bond motifs is 2. The fraction of sp³-hybridized carbons (Fsp3) is 0.0455. The van der Waals surface area contributed by atoms with Crippen molar-refractivity contribution < 1.29 is 0 Å². The summed E-state index contributed by atoms with van der Waals surface area (Å²) in [5.74, 6) is 0.684. The number of thiophene rings is 1. The fourth-order valence-electron chi connectivity index (χ4n) is 3.56. The van der Waals surface area contributed by atoms with Gasteiger partial charge in [-0.3, -0.25) is 15.1 Å². The standard InChI is InChI=1S/C22H15N7S/c1-12-4-5-17(30-12)20-19-16(6-8-24-20)26-22(27-19)18-15-9-14(11-25-21(15)29-28-18)13-3-2-7-23-10-13/h2-11H,1H3,(H,26,27)(H,25,28,29). The lowest BCUT2D eigenvalue weighted by Crippen LogP contribution is -1.85. The molecule has 2 N–H and O–H groups in total. The predicted octanol–water partition coefficient (Wildman–Crippen LogP) is 5.00. The number of aryl methyl sites for hydroxylation is 1. The summed E-state index contributed by atoms with van der Waals surface area (Å²) in [5, 5.41) is 8.40. The van der Waals surface area contributed by atoms with E-state index in [0.29, 0.717) is 11.5 Å². The van der Waals surface area contributed by atoms with Gasteiger partial charge in [-0.05, 0) is 37.3 Å². The van der Waals surface area contributed by atoms with E-state index in [0.717, 1.165) is 43.8 Å². The monoisotopic (exact) mass is 409 g/mol. The van der Waals surface area contributed by atoms with Gasteiger partial charge in [0.05, 0.1) is 15.8 Å². The van der Waals surface area contributed by atoms with Gasteiger partial charge in [-0.25, -0.2) is 9.97 Å². The van der Waals surface area contributed by atoms with Crippen molar-refractivity contribution in [3.05, 3.63) is 66.1 Å². The minimum absolute atomic E-state index is 0.684. The highest BCUT2D eigenvalue weighted by molar-refractivity contribution is 7.15. The number of aromatic amines is 2. The molecule has 0 aromatic carbocycles. The van der Waals surface area contributed by atoms with Crippen LogP contribution in [0, 0.1) is 6.92 Å². The van der Waals surface area contributed by atoms with Crippen LogP contribution < -0.4 is 0 Å². The molecule has 0 saturated heterocycles. The normalized spacial score (nSPS) is 11.5. The van der Waals surface area contributed by atoms with Crippen LogP contribution in [0.2, 0.25) is 0 Å². The van der Waals surface area contributed by atoms with Crippen LogP contribution in [0.1, 0.15) is 4.88 Å². The molecule has 6 aromatic rings. The molecule has 8 heteroatoms. The number of hydrogen-bond acceptors (Lipinski definition) is 6. The van der Waals surface area contributed by atoms with Gasteiger partial charge in [0.2, 0.25) is 0 Å². The Morgan fingerprint density at radius 1 is 0.933 bits per heavy atom. The Bertz CT molecular complexity index is 1510. The van der Waals surface area contributed by atoms with Crippen LogP contribution in [-0.2, 0) is 0 Å². The first-order chi connectivity index (χ1) is 14.8. The van der Waals surface area contributed by atoms with E-state index in [9.17, 15) is 0 Å². The second-order valence-electron chi connectivity index (χ2n) is 6.99. The molecule has 0 aliphatic heterocycles. The highest BCUT2D eigenvalue weighted by atomic mass is 32.1. The molecule has 0 saturated carbocycles. The molecular weight excluding hydrogens is 394 g/mol. The Balaban J connectivity index is 1.52. The van der Waals surface area contributed by atoms with Gasteiger partial charge >= 0.3 is 0 Å². The molecule has 144 valence electrons. The summed E-state index contributed by atoms with van der Waals surface area (Å²) < 4.78 is 0. The smallest absolute Gasteiger partial charge is 0.159 e. The summed E-state index contributed by atoms with van der Waals surface area (Å²) in [5.41, 5.74) is 6.06. The average Bonchev–Trinajstić information content (AvgIpc) is 3.51. The third-order valence-corrected chi connectivity index (χ3v) is 6.02. The van der Waals surface area contributed by atoms with Gasteiger partial charge in [0.1, 0.15) is 16.9 Å². The van der Waals surface area contributed by atoms with E-state index in [1.54, 1.807) is 23.7 Å². The maximum atomic E-state index is 4.86. The van der Waals surface area contributed by atoms with E-state index >= 15 is 0 Å². The Morgan fingerprint density at radius 2 is 1.90 bits per heavy atom. The van der Waals surface area contributed by atoms with E-state index in [2.05, 4.69) is 55.3 Å². The molecule has 30 heavy (non-hydrogen) atoms. The van der Waals surface area contributed by atoms with Gasteiger partial charge in [0.15, 0.2) is 11.5 Å². The Hall–Kier alpha value is -3.91. The molecule has 7 nitrogen and oxygen atoms in total. The van der Waals surface area contributed by atoms with E-state index in [4.69, 9.17) is 4.98 Å². The van der Waals surface area contributed by atoms with Crippen LogP contribution >= 0.6 is 11.3 Å². The number of H-pyrrole nitrogens is 2. The molecule has 0 radical (unpaired) electrons. The van der Waals surface area contributed by atoms with Gasteiger partial charge in [-0.2, -0.15) is 5.10 Å². The largest absolute Gasteiger partial charge is 0.336 e. The molecule has 0 amide bonds. The molecule has 6 rings (SSSR count). The quantitative estimate of drug-likeness (QED) is 0.429. The van der Waals surface area contributed by atoms with E-state index in [1.807, 2.05) is 30.6 Å². The Morgan fingerprint density at radius 3 is 2.73 bits per heavy atom. The predicted molar refractivity (Wildman–Crippen MR) is 118 cm³/mol. The number of rotatable bonds is 3. The number of aromatic nitrogens is 7. The van der Waals surface area contributed by atoms with Crippen LogP contribution in [0.15, 0.2) is 61.2 Å². The molecule has 0 aliphatic rings. The summed E-state index contributed by atoms with van der Waals surface area (Å²) in [6.45, 7) is 2.09. The van der Waals surface area contributed by atoms with Crippen molar-refractivity contribution >= 4 is 33.4 Å². The van der Waals surface area contributed by atoms with Crippen molar-refractivity contribution in [1.29, 1.82) is 0 Å². The van der Waals surface area contributed by atoms with Crippen molar-refractivity contribution in [3.8, 4) is 33.2 Å². The second kappa shape index (κ2) is 6.57. The number of pyridine rings is 3. The third-order valence-electron chi connectivity index (χ3n) is 5.01. The minimum Gasteiger partial charge on any atom is -0.336 e. The summed E-state index contributed by atoms with van der Waals surface area (Å²) in [6, 6.07) is 12.1. The maximum Gasteiger partial charge on any atom is 0.159 e. The van der Waals surface area contributed by atoms with E-state index in [1.165, 1.54) is 4.88 Å². The Kier molecular flexibility index (Phi) is 3.72. The molecule has 0 aliphatic carbocycles. The van der Waals surface area contributed by atoms with Crippen molar-refractivity contribution in [2.75, 3.05) is 0 Å². The molecule has 0 spiro atoms. The van der Waals surface area contributed by atoms with Crippen molar-refractivity contribution in [3.63, 3.8) is 0 Å². The molecule has 0 atom stereocenters. The summed E-state index contributed by atoms with van der Waals surface area (Å²) >= 11 is 1.71. The average molecular weight is 409 g/mol. The highest BCUT2D eigenvalue weighted by Gasteiger charge is 2.17. The Labute approximate surface area is 174 Å². The SMILES string of the molecule is Cc1ccc(-c2nccc3[nH]c(-c4n[nH]c5ncc(-c6cccnc6)cc45)nc23)s1. The number of hydrogen-bond donors (Lipinski definition) is 2. The lowest BCUT2D eigenvalue weighted by molar-refractivity contribution is 1.09. The van der Waals surface area contributed by atoms with Gasteiger partial charge < -0.3 is 4.98 Å². The first kappa shape index (κ1) is 17.0. The highest BCUT2D eigenvalue weighted by Crippen LogP contribution is 2.33. The summed E-state index contributed by atoms with van der Waals surface area (Å²) in [7, 11) is 0. The number of nitrogens with one attached hydrogen (secondary N) is 2. The van der Waals surface area contributed by atoms with Crippen LogP contribution in [0.5, 0.6) is 0 Å².